The Morgan fingerprint density at radius 2 is 2.04 bits per heavy atom. The summed E-state index contributed by atoms with van der Waals surface area (Å²) in [5, 5.41) is 7.23. The molecule has 0 fully saturated rings. The van der Waals surface area contributed by atoms with E-state index in [0.717, 1.165) is 30.4 Å². The fourth-order valence-electron chi connectivity index (χ4n) is 2.48. The van der Waals surface area contributed by atoms with Gasteiger partial charge in [-0.1, -0.05) is 13.0 Å². The first-order valence-electron chi connectivity index (χ1n) is 7.70. The standard InChI is InChI=1S/C17H21F2N3O/c1-4-9-22-12(3)17(11(2)21-22)20-16(23)8-6-13-5-7-14(18)10-15(13)19/h5,7,10H,4,6,8-9H2,1-3H3,(H,20,23). The number of nitrogens with one attached hydrogen (secondary N) is 1. The fourth-order valence-corrected chi connectivity index (χ4v) is 2.48. The summed E-state index contributed by atoms with van der Waals surface area (Å²) in [7, 11) is 0. The average Bonchev–Trinajstić information content (AvgIpc) is 2.74. The third kappa shape index (κ3) is 4.15. The van der Waals surface area contributed by atoms with Crippen LogP contribution in [0.25, 0.3) is 0 Å². The molecule has 23 heavy (non-hydrogen) atoms. The van der Waals surface area contributed by atoms with Gasteiger partial charge in [-0.25, -0.2) is 8.78 Å². The predicted octanol–water partition coefficient (Wildman–Crippen LogP) is 3.76. The van der Waals surface area contributed by atoms with Gasteiger partial charge in [0.1, 0.15) is 11.6 Å². The van der Waals surface area contributed by atoms with Crippen molar-refractivity contribution in [3.8, 4) is 0 Å². The first-order chi connectivity index (χ1) is 10.9. The van der Waals surface area contributed by atoms with Gasteiger partial charge in [0.25, 0.3) is 0 Å². The minimum atomic E-state index is -0.624. The lowest BCUT2D eigenvalue weighted by atomic mass is 10.1. The van der Waals surface area contributed by atoms with Gasteiger partial charge in [0.15, 0.2) is 0 Å². The third-order valence-corrected chi connectivity index (χ3v) is 3.72. The van der Waals surface area contributed by atoms with Crippen molar-refractivity contribution >= 4 is 11.6 Å². The molecular weight excluding hydrogens is 300 g/mol. The molecule has 0 radical (unpaired) electrons. The number of rotatable bonds is 6. The smallest absolute Gasteiger partial charge is 0.224 e. The molecule has 0 bridgehead atoms. The number of anilines is 1. The largest absolute Gasteiger partial charge is 0.323 e. The maximum absolute atomic E-state index is 13.6. The lowest BCUT2D eigenvalue weighted by molar-refractivity contribution is -0.116. The Labute approximate surface area is 134 Å². The molecule has 2 aromatic rings. The predicted molar refractivity (Wildman–Crippen MR) is 85.3 cm³/mol. The second kappa shape index (κ2) is 7.35. The minimum Gasteiger partial charge on any atom is -0.323 e. The molecule has 0 aliphatic rings. The van der Waals surface area contributed by atoms with E-state index < -0.39 is 11.6 Å². The Hall–Kier alpha value is -2.24. The molecule has 0 spiro atoms. The van der Waals surface area contributed by atoms with Crippen molar-refractivity contribution in [2.24, 2.45) is 0 Å². The van der Waals surface area contributed by atoms with E-state index in [2.05, 4.69) is 17.3 Å². The Morgan fingerprint density at radius 3 is 2.70 bits per heavy atom. The molecule has 0 saturated carbocycles. The first-order valence-corrected chi connectivity index (χ1v) is 7.70. The summed E-state index contributed by atoms with van der Waals surface area (Å²) in [6, 6.07) is 3.39. The number of benzene rings is 1. The van der Waals surface area contributed by atoms with Crippen molar-refractivity contribution in [3.63, 3.8) is 0 Å². The average molecular weight is 321 g/mol. The van der Waals surface area contributed by atoms with Crippen LogP contribution in [-0.4, -0.2) is 15.7 Å². The maximum atomic E-state index is 13.6. The van der Waals surface area contributed by atoms with Crippen molar-refractivity contribution in [1.29, 1.82) is 0 Å². The lowest BCUT2D eigenvalue weighted by Gasteiger charge is -2.07. The highest BCUT2D eigenvalue weighted by Gasteiger charge is 2.14. The van der Waals surface area contributed by atoms with Crippen LogP contribution in [0.4, 0.5) is 14.5 Å². The van der Waals surface area contributed by atoms with Crippen molar-refractivity contribution in [2.45, 2.75) is 46.6 Å². The third-order valence-electron chi connectivity index (χ3n) is 3.72. The van der Waals surface area contributed by atoms with Gasteiger partial charge in [-0.2, -0.15) is 5.10 Å². The molecule has 1 aromatic heterocycles. The van der Waals surface area contributed by atoms with Crippen LogP contribution in [0.5, 0.6) is 0 Å². The van der Waals surface area contributed by atoms with Crippen molar-refractivity contribution in [1.82, 2.24) is 9.78 Å². The van der Waals surface area contributed by atoms with Crippen LogP contribution in [0, 0.1) is 25.5 Å². The van der Waals surface area contributed by atoms with Gasteiger partial charge in [-0.05, 0) is 38.3 Å². The molecule has 0 aliphatic carbocycles. The SMILES string of the molecule is CCCn1nc(C)c(NC(=O)CCc2ccc(F)cc2F)c1C. The van der Waals surface area contributed by atoms with E-state index in [1.165, 1.54) is 12.1 Å². The Kier molecular flexibility index (Phi) is 5.47. The van der Waals surface area contributed by atoms with Crippen LogP contribution < -0.4 is 5.32 Å². The zero-order valence-corrected chi connectivity index (χ0v) is 13.6. The molecule has 1 aromatic carbocycles. The monoisotopic (exact) mass is 321 g/mol. The van der Waals surface area contributed by atoms with Crippen LogP contribution in [0.15, 0.2) is 18.2 Å². The van der Waals surface area contributed by atoms with E-state index in [-0.39, 0.29) is 18.7 Å². The van der Waals surface area contributed by atoms with E-state index >= 15 is 0 Å². The first kappa shape index (κ1) is 17.1. The maximum Gasteiger partial charge on any atom is 0.224 e. The minimum absolute atomic E-state index is 0.125. The van der Waals surface area contributed by atoms with Gasteiger partial charge in [-0.15, -0.1) is 0 Å². The second-order valence-corrected chi connectivity index (χ2v) is 5.55. The Morgan fingerprint density at radius 1 is 1.30 bits per heavy atom. The fraction of sp³-hybridized carbons (Fsp3) is 0.412. The van der Waals surface area contributed by atoms with Gasteiger partial charge in [0.2, 0.25) is 5.91 Å². The summed E-state index contributed by atoms with van der Waals surface area (Å²) in [5.41, 5.74) is 2.71. The van der Waals surface area contributed by atoms with E-state index in [4.69, 9.17) is 0 Å². The van der Waals surface area contributed by atoms with Crippen LogP contribution in [0.2, 0.25) is 0 Å². The molecule has 2 rings (SSSR count). The molecular formula is C17H21F2N3O. The van der Waals surface area contributed by atoms with Crippen molar-refractivity contribution in [3.05, 3.63) is 46.8 Å². The van der Waals surface area contributed by atoms with Gasteiger partial charge < -0.3 is 5.32 Å². The number of amides is 1. The normalized spacial score (nSPS) is 10.8. The van der Waals surface area contributed by atoms with Gasteiger partial charge in [0, 0.05) is 19.0 Å². The molecule has 6 heteroatoms. The number of hydrogen-bond donors (Lipinski definition) is 1. The highest BCUT2D eigenvalue weighted by molar-refractivity contribution is 5.92. The summed E-state index contributed by atoms with van der Waals surface area (Å²) in [4.78, 5) is 12.1. The molecule has 0 saturated heterocycles. The highest BCUT2D eigenvalue weighted by Crippen LogP contribution is 2.20. The number of aromatic nitrogens is 2. The second-order valence-electron chi connectivity index (χ2n) is 5.55. The topological polar surface area (TPSA) is 46.9 Å². The van der Waals surface area contributed by atoms with E-state index in [1.807, 2.05) is 18.5 Å². The summed E-state index contributed by atoms with van der Waals surface area (Å²) in [6.45, 7) is 6.61. The lowest BCUT2D eigenvalue weighted by Crippen LogP contribution is -2.14. The molecule has 0 aliphatic heterocycles. The zero-order valence-electron chi connectivity index (χ0n) is 13.6. The number of nitrogens with zero attached hydrogens (tertiary/aromatic N) is 2. The number of hydrogen-bond acceptors (Lipinski definition) is 2. The summed E-state index contributed by atoms with van der Waals surface area (Å²) >= 11 is 0. The van der Waals surface area contributed by atoms with Gasteiger partial charge in [0.05, 0.1) is 17.1 Å². The van der Waals surface area contributed by atoms with Crippen molar-refractivity contribution in [2.75, 3.05) is 5.32 Å². The summed E-state index contributed by atoms with van der Waals surface area (Å²) in [6.07, 6.45) is 1.30. The van der Waals surface area contributed by atoms with Crippen LogP contribution in [0.1, 0.15) is 36.7 Å². The van der Waals surface area contributed by atoms with Gasteiger partial charge >= 0.3 is 0 Å². The quantitative estimate of drug-likeness (QED) is 0.880. The number of carbonyl (C=O) groups excluding carboxylic acids is 1. The molecule has 0 atom stereocenters. The zero-order chi connectivity index (χ0) is 17.0. The number of carbonyl (C=O) groups is 1. The molecule has 1 heterocycles. The molecule has 0 unspecified atom stereocenters. The molecule has 1 N–H and O–H groups in total. The molecule has 1 amide bonds. The van der Waals surface area contributed by atoms with Crippen LogP contribution in [0.3, 0.4) is 0 Å². The molecule has 4 nitrogen and oxygen atoms in total. The Balaban J connectivity index is 2.00. The van der Waals surface area contributed by atoms with Gasteiger partial charge in [-0.3, -0.25) is 9.48 Å². The van der Waals surface area contributed by atoms with Crippen LogP contribution in [-0.2, 0) is 17.8 Å². The summed E-state index contributed by atoms with van der Waals surface area (Å²) < 4.78 is 28.3. The summed E-state index contributed by atoms with van der Waals surface area (Å²) in [5.74, 6) is -1.46. The molecule has 124 valence electrons. The van der Waals surface area contributed by atoms with E-state index in [0.29, 0.717) is 11.3 Å². The van der Waals surface area contributed by atoms with E-state index in [1.54, 1.807) is 0 Å². The highest BCUT2D eigenvalue weighted by atomic mass is 19.1. The van der Waals surface area contributed by atoms with Crippen LogP contribution >= 0.6 is 0 Å². The number of aryl methyl sites for hydroxylation is 3. The van der Waals surface area contributed by atoms with E-state index in [9.17, 15) is 13.6 Å². The Bertz CT molecular complexity index is 710. The van der Waals surface area contributed by atoms with Crippen molar-refractivity contribution < 1.29 is 13.6 Å². The number of halogens is 2.